The first-order valence-corrected chi connectivity index (χ1v) is 9.88. The van der Waals surface area contributed by atoms with E-state index in [0.29, 0.717) is 5.56 Å². The number of nitriles is 1. The molecule has 7 nitrogen and oxygen atoms in total. The number of fused-ring (bicyclic) bond motifs is 1. The monoisotopic (exact) mass is 378 g/mol. The van der Waals surface area contributed by atoms with Crippen LogP contribution < -0.4 is 15.5 Å². The van der Waals surface area contributed by atoms with Crippen LogP contribution in [0.4, 0.5) is 5.69 Å². The molecule has 0 spiro atoms. The average Bonchev–Trinajstić information content (AvgIpc) is 3.12. The van der Waals surface area contributed by atoms with Gasteiger partial charge in [-0.1, -0.05) is 0 Å². The molecular weight excluding hydrogens is 352 g/mol. The van der Waals surface area contributed by atoms with Crippen LogP contribution in [-0.4, -0.2) is 41.1 Å². The normalized spacial score (nSPS) is 19.7. The van der Waals surface area contributed by atoms with E-state index in [2.05, 4.69) is 26.6 Å². The number of piperidine rings is 1. The zero-order chi connectivity index (χ0) is 19.5. The van der Waals surface area contributed by atoms with Crippen molar-refractivity contribution in [1.82, 2.24) is 20.2 Å². The molecule has 1 aromatic heterocycles. The molecule has 1 saturated heterocycles. The van der Waals surface area contributed by atoms with E-state index in [4.69, 9.17) is 0 Å². The van der Waals surface area contributed by atoms with E-state index in [9.17, 15) is 10.1 Å². The van der Waals surface area contributed by atoms with E-state index in [0.717, 1.165) is 62.4 Å². The summed E-state index contributed by atoms with van der Waals surface area (Å²) in [5.41, 5.74) is 4.01. The summed E-state index contributed by atoms with van der Waals surface area (Å²) in [7, 11) is 1.99. The van der Waals surface area contributed by atoms with Gasteiger partial charge in [0.05, 0.1) is 36.2 Å². The van der Waals surface area contributed by atoms with Crippen molar-refractivity contribution in [2.24, 2.45) is 13.0 Å². The van der Waals surface area contributed by atoms with Crippen LogP contribution in [0.25, 0.3) is 0 Å². The van der Waals surface area contributed by atoms with Crippen molar-refractivity contribution in [3.8, 4) is 6.07 Å². The average molecular weight is 378 g/mol. The van der Waals surface area contributed by atoms with Gasteiger partial charge in [0.15, 0.2) is 0 Å². The molecule has 0 aliphatic carbocycles. The maximum atomic E-state index is 12.8. The highest BCUT2D eigenvalue weighted by molar-refractivity contribution is 5.79. The van der Waals surface area contributed by atoms with Crippen molar-refractivity contribution in [1.29, 1.82) is 5.26 Å². The van der Waals surface area contributed by atoms with Gasteiger partial charge in [-0.15, -0.1) is 0 Å². The third kappa shape index (κ3) is 3.87. The molecule has 2 N–H and O–H groups in total. The van der Waals surface area contributed by atoms with Crippen LogP contribution >= 0.6 is 0 Å². The summed E-state index contributed by atoms with van der Waals surface area (Å²) in [6, 6.07) is 8.11. The van der Waals surface area contributed by atoms with Crippen molar-refractivity contribution in [3.05, 3.63) is 47.5 Å². The van der Waals surface area contributed by atoms with E-state index < -0.39 is 0 Å². The van der Waals surface area contributed by atoms with Crippen molar-refractivity contribution in [2.75, 3.05) is 24.5 Å². The lowest BCUT2D eigenvalue weighted by atomic mass is 9.93. The smallest absolute Gasteiger partial charge is 0.223 e. The van der Waals surface area contributed by atoms with Crippen LogP contribution in [0, 0.1) is 17.2 Å². The molecule has 1 amide bonds. The predicted octanol–water partition coefficient (Wildman–Crippen LogP) is 1.34. The zero-order valence-electron chi connectivity index (χ0n) is 16.2. The second-order valence-electron chi connectivity index (χ2n) is 7.77. The highest BCUT2D eigenvalue weighted by Gasteiger charge is 2.29. The highest BCUT2D eigenvalue weighted by atomic mass is 16.2. The lowest BCUT2D eigenvalue weighted by molar-refractivity contribution is -0.126. The first kappa shape index (κ1) is 18.5. The molecule has 1 atom stereocenters. The fraction of sp³-hybridized carbons (Fsp3) is 0.476. The highest BCUT2D eigenvalue weighted by Crippen LogP contribution is 2.30. The van der Waals surface area contributed by atoms with E-state index in [1.54, 1.807) is 6.33 Å². The van der Waals surface area contributed by atoms with Gasteiger partial charge in [0.1, 0.15) is 0 Å². The number of aromatic nitrogens is 2. The Morgan fingerprint density at radius 3 is 2.93 bits per heavy atom. The molecule has 1 fully saturated rings. The van der Waals surface area contributed by atoms with Crippen LogP contribution in [-0.2, 0) is 24.8 Å². The summed E-state index contributed by atoms with van der Waals surface area (Å²) < 4.78 is 2.01. The van der Waals surface area contributed by atoms with Crippen molar-refractivity contribution in [3.63, 3.8) is 0 Å². The number of nitrogens with one attached hydrogen (secondary N) is 2. The fourth-order valence-electron chi connectivity index (χ4n) is 4.20. The minimum absolute atomic E-state index is 0.0389. The third-order valence-corrected chi connectivity index (χ3v) is 5.78. The molecule has 2 aliphatic rings. The maximum absolute atomic E-state index is 12.8. The Labute approximate surface area is 165 Å². The summed E-state index contributed by atoms with van der Waals surface area (Å²) in [5, 5.41) is 15.9. The molecule has 0 saturated carbocycles. The molecule has 4 rings (SSSR count). The number of nitrogens with zero attached hydrogens (tertiary/aromatic N) is 4. The number of imidazole rings is 1. The minimum Gasteiger partial charge on any atom is -0.363 e. The number of carbonyl (C=O) groups excluding carboxylic acids is 1. The Morgan fingerprint density at radius 2 is 2.21 bits per heavy atom. The van der Waals surface area contributed by atoms with Crippen LogP contribution in [0.3, 0.4) is 0 Å². The van der Waals surface area contributed by atoms with Gasteiger partial charge in [0.2, 0.25) is 5.91 Å². The number of hydrogen-bond acceptors (Lipinski definition) is 5. The first-order valence-electron chi connectivity index (χ1n) is 9.88. The summed E-state index contributed by atoms with van der Waals surface area (Å²) in [5.74, 6) is 0.255. The van der Waals surface area contributed by atoms with Crippen molar-refractivity contribution < 1.29 is 4.79 Å². The van der Waals surface area contributed by atoms with Crippen molar-refractivity contribution in [2.45, 2.75) is 31.8 Å². The van der Waals surface area contributed by atoms with Crippen molar-refractivity contribution >= 4 is 11.6 Å². The van der Waals surface area contributed by atoms with Crippen LogP contribution in [0.1, 0.15) is 29.7 Å². The van der Waals surface area contributed by atoms with Crippen LogP contribution in [0.15, 0.2) is 30.7 Å². The van der Waals surface area contributed by atoms with Gasteiger partial charge in [-0.25, -0.2) is 4.98 Å². The standard InChI is InChI=1S/C21H26N6O/c1-26-14-24-11-19(26)13-27-12-18(25-21(28)16-4-6-23-7-5-16)9-17-8-15(10-22)2-3-20(17)27/h2-3,8,11,14,16,18,23H,4-7,9,12-13H2,1H3,(H,25,28). The molecule has 1 unspecified atom stereocenters. The van der Waals surface area contributed by atoms with Gasteiger partial charge >= 0.3 is 0 Å². The van der Waals surface area contributed by atoms with Gasteiger partial charge in [-0.3, -0.25) is 4.79 Å². The Kier molecular flexibility index (Phi) is 5.31. The van der Waals surface area contributed by atoms with Gasteiger partial charge in [0, 0.05) is 31.4 Å². The number of rotatable bonds is 4. The van der Waals surface area contributed by atoms with Gasteiger partial charge < -0.3 is 20.1 Å². The Morgan fingerprint density at radius 1 is 1.39 bits per heavy atom. The second-order valence-corrected chi connectivity index (χ2v) is 7.77. The summed E-state index contributed by atoms with van der Waals surface area (Å²) >= 11 is 0. The van der Waals surface area contributed by atoms with Gasteiger partial charge in [-0.2, -0.15) is 5.26 Å². The Bertz CT molecular complexity index is 893. The number of anilines is 1. The molecule has 0 radical (unpaired) electrons. The van der Waals surface area contributed by atoms with Gasteiger partial charge in [-0.05, 0) is 56.1 Å². The Balaban J connectivity index is 1.55. The topological polar surface area (TPSA) is 86.0 Å². The molecule has 0 bridgehead atoms. The Hall–Kier alpha value is -2.85. The van der Waals surface area contributed by atoms with E-state index in [-0.39, 0.29) is 17.9 Å². The SMILES string of the molecule is Cn1cncc1CN1CC(NC(=O)C2CCNCC2)Cc2cc(C#N)ccc21. The second kappa shape index (κ2) is 8.03. The van der Waals surface area contributed by atoms with Crippen LogP contribution in [0.5, 0.6) is 0 Å². The summed E-state index contributed by atoms with van der Waals surface area (Å²) in [6.45, 7) is 3.28. The molecule has 3 heterocycles. The zero-order valence-corrected chi connectivity index (χ0v) is 16.2. The molecule has 1 aromatic carbocycles. The largest absolute Gasteiger partial charge is 0.363 e. The number of amides is 1. The number of hydrogen-bond donors (Lipinski definition) is 2. The number of benzene rings is 1. The van der Waals surface area contributed by atoms with E-state index in [1.807, 2.05) is 36.0 Å². The predicted molar refractivity (Wildman–Crippen MR) is 107 cm³/mol. The molecular formula is C21H26N6O. The number of carbonyl (C=O) groups is 1. The molecule has 7 heteroatoms. The van der Waals surface area contributed by atoms with E-state index in [1.165, 1.54) is 0 Å². The quantitative estimate of drug-likeness (QED) is 0.839. The third-order valence-electron chi connectivity index (χ3n) is 5.78. The minimum atomic E-state index is 0.0389. The maximum Gasteiger partial charge on any atom is 0.223 e. The molecule has 2 aliphatic heterocycles. The van der Waals surface area contributed by atoms with Crippen LogP contribution in [0.2, 0.25) is 0 Å². The summed E-state index contributed by atoms with van der Waals surface area (Å²) in [6.07, 6.45) is 6.22. The molecule has 2 aromatic rings. The molecule has 146 valence electrons. The summed E-state index contributed by atoms with van der Waals surface area (Å²) in [4.78, 5) is 19.3. The lowest BCUT2D eigenvalue weighted by Gasteiger charge is -2.37. The van der Waals surface area contributed by atoms with Gasteiger partial charge in [0.25, 0.3) is 0 Å². The molecule has 28 heavy (non-hydrogen) atoms. The van der Waals surface area contributed by atoms with E-state index >= 15 is 0 Å². The fourth-order valence-corrected chi connectivity index (χ4v) is 4.20. The number of aryl methyl sites for hydroxylation is 1. The first-order chi connectivity index (χ1) is 13.6. The lowest BCUT2D eigenvalue weighted by Crippen LogP contribution is -2.50.